The highest BCUT2D eigenvalue weighted by molar-refractivity contribution is 5.98. The molecule has 2 aromatic rings. The molecule has 3 heterocycles. The van der Waals surface area contributed by atoms with Crippen LogP contribution in [0.4, 0.5) is 5.69 Å². The molecule has 0 saturated carbocycles. The number of nitrogens with zero attached hydrogens (tertiary/aromatic N) is 4. The van der Waals surface area contributed by atoms with Crippen LogP contribution in [-0.4, -0.2) is 65.9 Å². The molecule has 1 aromatic heterocycles. The lowest BCUT2D eigenvalue weighted by Crippen LogP contribution is -2.49. The van der Waals surface area contributed by atoms with Gasteiger partial charge in [0, 0.05) is 58.1 Å². The van der Waals surface area contributed by atoms with Gasteiger partial charge in [0.1, 0.15) is 5.75 Å². The number of hydrogen-bond acceptors (Lipinski definition) is 5. The zero-order valence-corrected chi connectivity index (χ0v) is 15.8. The molecule has 1 saturated heterocycles. The number of amides is 2. The van der Waals surface area contributed by atoms with E-state index in [1.54, 1.807) is 17.3 Å². The Morgan fingerprint density at radius 3 is 2.57 bits per heavy atom. The molecule has 0 N–H and O–H groups in total. The van der Waals surface area contributed by atoms with Crippen molar-refractivity contribution >= 4 is 17.5 Å². The summed E-state index contributed by atoms with van der Waals surface area (Å²) in [5.74, 6) is 0.688. The lowest BCUT2D eigenvalue weighted by Gasteiger charge is -2.35. The monoisotopic (exact) mass is 380 g/mol. The Hall–Kier alpha value is -2.93. The Morgan fingerprint density at radius 1 is 1.04 bits per heavy atom. The van der Waals surface area contributed by atoms with E-state index >= 15 is 0 Å². The van der Waals surface area contributed by atoms with Gasteiger partial charge in [-0.1, -0.05) is 12.1 Å². The topological polar surface area (TPSA) is 66.0 Å². The van der Waals surface area contributed by atoms with Crippen molar-refractivity contribution in [2.75, 3.05) is 44.2 Å². The second-order valence-electron chi connectivity index (χ2n) is 7.06. The zero-order valence-electron chi connectivity index (χ0n) is 15.8. The molecule has 2 aliphatic rings. The van der Waals surface area contributed by atoms with Crippen molar-refractivity contribution in [1.82, 2.24) is 14.8 Å². The molecule has 146 valence electrons. The number of rotatable bonds is 5. The first-order chi connectivity index (χ1) is 13.7. The van der Waals surface area contributed by atoms with Crippen LogP contribution in [0.3, 0.4) is 0 Å². The van der Waals surface area contributed by atoms with E-state index in [0.29, 0.717) is 18.7 Å². The number of anilines is 1. The molecule has 7 heteroatoms. The first kappa shape index (κ1) is 18.4. The Bertz CT molecular complexity index is 835. The summed E-state index contributed by atoms with van der Waals surface area (Å²) >= 11 is 0. The maximum atomic E-state index is 12.7. The van der Waals surface area contributed by atoms with E-state index in [0.717, 1.165) is 38.4 Å². The van der Waals surface area contributed by atoms with Gasteiger partial charge in [0.2, 0.25) is 5.91 Å². The first-order valence-corrected chi connectivity index (χ1v) is 9.62. The van der Waals surface area contributed by atoms with Crippen molar-refractivity contribution < 1.29 is 14.3 Å². The van der Waals surface area contributed by atoms with E-state index in [1.165, 1.54) is 5.56 Å². The quantitative estimate of drug-likeness (QED) is 0.787. The van der Waals surface area contributed by atoms with Crippen LogP contribution >= 0.6 is 0 Å². The van der Waals surface area contributed by atoms with Gasteiger partial charge >= 0.3 is 0 Å². The summed E-state index contributed by atoms with van der Waals surface area (Å²) < 4.78 is 5.45. The van der Waals surface area contributed by atoms with Crippen molar-refractivity contribution in [3.63, 3.8) is 0 Å². The van der Waals surface area contributed by atoms with Crippen LogP contribution in [0, 0.1) is 0 Å². The van der Waals surface area contributed by atoms with Crippen molar-refractivity contribution in [2.45, 2.75) is 13.0 Å². The minimum Gasteiger partial charge on any atom is -0.482 e. The third-order valence-corrected chi connectivity index (χ3v) is 5.24. The molecular formula is C21H24N4O3. The highest BCUT2D eigenvalue weighted by Crippen LogP contribution is 2.31. The summed E-state index contributed by atoms with van der Waals surface area (Å²) in [6, 6.07) is 11.5. The number of fused-ring (bicyclic) bond motifs is 1. The standard InChI is InChI=1S/C21H24N4O3/c26-20(7-10-25-18-3-1-2-4-19(18)28-16-21(25)27)24-13-11-23(12-14-24)15-17-5-8-22-9-6-17/h1-6,8-9H,7,10-16H2. The van der Waals surface area contributed by atoms with Crippen LogP contribution in [0.2, 0.25) is 0 Å². The number of benzene rings is 1. The first-order valence-electron chi connectivity index (χ1n) is 9.62. The van der Waals surface area contributed by atoms with E-state index in [1.807, 2.05) is 41.3 Å². The van der Waals surface area contributed by atoms with Crippen LogP contribution < -0.4 is 9.64 Å². The van der Waals surface area contributed by atoms with Gasteiger partial charge in [-0.15, -0.1) is 0 Å². The predicted octanol–water partition coefficient (Wildman–Crippen LogP) is 1.54. The van der Waals surface area contributed by atoms with Crippen molar-refractivity contribution in [1.29, 1.82) is 0 Å². The van der Waals surface area contributed by atoms with Gasteiger partial charge < -0.3 is 14.5 Å². The molecule has 28 heavy (non-hydrogen) atoms. The van der Waals surface area contributed by atoms with Gasteiger partial charge in [0.05, 0.1) is 5.69 Å². The lowest BCUT2D eigenvalue weighted by molar-refractivity contribution is -0.132. The van der Waals surface area contributed by atoms with E-state index in [4.69, 9.17) is 4.74 Å². The smallest absolute Gasteiger partial charge is 0.265 e. The molecule has 2 aliphatic heterocycles. The van der Waals surface area contributed by atoms with Gasteiger partial charge in [-0.05, 0) is 29.8 Å². The third kappa shape index (κ3) is 4.14. The fraction of sp³-hybridized carbons (Fsp3) is 0.381. The fourth-order valence-electron chi connectivity index (χ4n) is 3.67. The summed E-state index contributed by atoms with van der Waals surface area (Å²) in [7, 11) is 0. The summed E-state index contributed by atoms with van der Waals surface area (Å²) in [5, 5.41) is 0. The second-order valence-corrected chi connectivity index (χ2v) is 7.06. The number of ether oxygens (including phenoxy) is 1. The minimum atomic E-state index is -0.103. The Kier molecular flexibility index (Phi) is 5.53. The van der Waals surface area contributed by atoms with Gasteiger partial charge in [0.15, 0.2) is 6.61 Å². The van der Waals surface area contributed by atoms with E-state index in [2.05, 4.69) is 9.88 Å². The number of aromatic nitrogens is 1. The van der Waals surface area contributed by atoms with Crippen LogP contribution in [0.5, 0.6) is 5.75 Å². The van der Waals surface area contributed by atoms with Gasteiger partial charge in [0.25, 0.3) is 5.91 Å². The number of pyridine rings is 1. The second kappa shape index (κ2) is 8.39. The maximum Gasteiger partial charge on any atom is 0.265 e. The number of carbonyl (C=O) groups excluding carboxylic acids is 2. The SMILES string of the molecule is O=C(CCN1C(=O)COc2ccccc21)N1CCN(Cc2ccncc2)CC1. The highest BCUT2D eigenvalue weighted by Gasteiger charge is 2.27. The molecular weight excluding hydrogens is 356 g/mol. The molecule has 7 nitrogen and oxygen atoms in total. The molecule has 0 bridgehead atoms. The highest BCUT2D eigenvalue weighted by atomic mass is 16.5. The van der Waals surface area contributed by atoms with E-state index in [-0.39, 0.29) is 18.4 Å². The van der Waals surface area contributed by atoms with Crippen molar-refractivity contribution in [3.05, 3.63) is 54.4 Å². The minimum absolute atomic E-state index is 0.0267. The van der Waals surface area contributed by atoms with Crippen molar-refractivity contribution in [3.8, 4) is 5.75 Å². The molecule has 0 radical (unpaired) electrons. The number of hydrogen-bond donors (Lipinski definition) is 0. The Labute approximate surface area is 164 Å². The fourth-order valence-corrected chi connectivity index (χ4v) is 3.67. The van der Waals surface area contributed by atoms with E-state index < -0.39 is 0 Å². The summed E-state index contributed by atoms with van der Waals surface area (Å²) in [5.41, 5.74) is 1.98. The molecule has 2 amide bonds. The molecule has 1 aromatic carbocycles. The largest absolute Gasteiger partial charge is 0.482 e. The molecule has 0 aliphatic carbocycles. The Balaban J connectivity index is 1.28. The summed E-state index contributed by atoms with van der Waals surface area (Å²) in [6.07, 6.45) is 3.94. The average Bonchev–Trinajstić information content (AvgIpc) is 2.74. The molecule has 0 atom stereocenters. The summed E-state index contributed by atoms with van der Waals surface area (Å²) in [6.45, 7) is 4.44. The van der Waals surface area contributed by atoms with Gasteiger partial charge in [-0.2, -0.15) is 0 Å². The molecule has 0 unspecified atom stereocenters. The number of para-hydroxylation sites is 2. The zero-order chi connectivity index (χ0) is 19.3. The maximum absolute atomic E-state index is 12.7. The third-order valence-electron chi connectivity index (χ3n) is 5.24. The van der Waals surface area contributed by atoms with Crippen LogP contribution in [-0.2, 0) is 16.1 Å². The lowest BCUT2D eigenvalue weighted by atomic mass is 10.2. The average molecular weight is 380 g/mol. The van der Waals surface area contributed by atoms with Gasteiger partial charge in [-0.25, -0.2) is 0 Å². The van der Waals surface area contributed by atoms with Gasteiger partial charge in [-0.3, -0.25) is 19.5 Å². The summed E-state index contributed by atoms with van der Waals surface area (Å²) in [4.78, 5) is 34.8. The normalized spacial score (nSPS) is 17.2. The number of piperazine rings is 1. The van der Waals surface area contributed by atoms with Crippen LogP contribution in [0.25, 0.3) is 0 Å². The van der Waals surface area contributed by atoms with Crippen LogP contribution in [0.1, 0.15) is 12.0 Å². The van der Waals surface area contributed by atoms with Crippen LogP contribution in [0.15, 0.2) is 48.8 Å². The Morgan fingerprint density at radius 2 is 1.79 bits per heavy atom. The molecule has 1 fully saturated rings. The van der Waals surface area contributed by atoms with E-state index in [9.17, 15) is 9.59 Å². The molecule has 4 rings (SSSR count). The number of carbonyl (C=O) groups is 2. The predicted molar refractivity (Wildman–Crippen MR) is 105 cm³/mol. The van der Waals surface area contributed by atoms with Crippen molar-refractivity contribution in [2.24, 2.45) is 0 Å². The molecule has 0 spiro atoms.